The van der Waals surface area contributed by atoms with Crippen LogP contribution in [0.4, 0.5) is 5.69 Å². The zero-order chi connectivity index (χ0) is 23.0. The third-order valence-electron chi connectivity index (χ3n) is 6.20. The maximum absolute atomic E-state index is 13.1. The van der Waals surface area contributed by atoms with Crippen molar-refractivity contribution in [2.24, 2.45) is 0 Å². The molecule has 0 aromatic heterocycles. The van der Waals surface area contributed by atoms with Crippen molar-refractivity contribution in [2.75, 3.05) is 18.0 Å². The number of carbonyl (C=O) groups is 2. The number of nitrogens with zero attached hydrogens (tertiary/aromatic N) is 1. The van der Waals surface area contributed by atoms with E-state index in [0.717, 1.165) is 42.7 Å². The lowest BCUT2D eigenvalue weighted by molar-refractivity contribution is -0.121. The molecule has 1 aliphatic rings. The van der Waals surface area contributed by atoms with Gasteiger partial charge in [0.1, 0.15) is 0 Å². The number of piperidine rings is 1. The van der Waals surface area contributed by atoms with Crippen LogP contribution in [0.25, 0.3) is 0 Å². The third-order valence-corrected chi connectivity index (χ3v) is 6.20. The molecule has 0 radical (unpaired) electrons. The number of para-hydroxylation sites is 1. The van der Waals surface area contributed by atoms with Gasteiger partial charge in [0, 0.05) is 24.8 Å². The second kappa shape index (κ2) is 10.8. The summed E-state index contributed by atoms with van der Waals surface area (Å²) in [6, 6.07) is 27.7. The number of rotatable bonds is 7. The topological polar surface area (TPSA) is 61.4 Å². The largest absolute Gasteiger partial charge is 0.371 e. The van der Waals surface area contributed by atoms with Crippen molar-refractivity contribution < 1.29 is 9.59 Å². The van der Waals surface area contributed by atoms with Crippen molar-refractivity contribution in [1.82, 2.24) is 10.6 Å². The summed E-state index contributed by atoms with van der Waals surface area (Å²) >= 11 is 0. The molecule has 1 fully saturated rings. The summed E-state index contributed by atoms with van der Waals surface area (Å²) in [5.41, 5.74) is 3.74. The maximum Gasteiger partial charge on any atom is 0.253 e. The Morgan fingerprint density at radius 2 is 1.48 bits per heavy atom. The number of benzene rings is 3. The molecule has 1 atom stereocenters. The predicted octanol–water partition coefficient (Wildman–Crippen LogP) is 4.51. The zero-order valence-corrected chi connectivity index (χ0v) is 19.0. The molecule has 5 nitrogen and oxygen atoms in total. The number of nitrogens with one attached hydrogen (secondary N) is 2. The number of hydrogen-bond acceptors (Lipinski definition) is 3. The molecule has 1 aliphatic heterocycles. The summed E-state index contributed by atoms with van der Waals surface area (Å²) in [4.78, 5) is 27.8. The van der Waals surface area contributed by atoms with Gasteiger partial charge in [0.05, 0.1) is 18.0 Å². The predicted molar refractivity (Wildman–Crippen MR) is 132 cm³/mol. The Balaban J connectivity index is 1.34. The summed E-state index contributed by atoms with van der Waals surface area (Å²) in [7, 11) is 0. The van der Waals surface area contributed by atoms with Crippen molar-refractivity contribution in [2.45, 2.75) is 38.3 Å². The maximum atomic E-state index is 13.1. The second-order valence-corrected chi connectivity index (χ2v) is 8.61. The van der Waals surface area contributed by atoms with Crippen LogP contribution >= 0.6 is 0 Å². The first-order chi connectivity index (χ1) is 16.1. The summed E-state index contributed by atoms with van der Waals surface area (Å²) in [6.07, 6.45) is 2.12. The van der Waals surface area contributed by atoms with Gasteiger partial charge in [-0.2, -0.15) is 0 Å². The van der Waals surface area contributed by atoms with Crippen LogP contribution in [0.15, 0.2) is 84.9 Å². The van der Waals surface area contributed by atoms with Crippen molar-refractivity contribution in [3.05, 3.63) is 102 Å². The molecule has 3 aromatic rings. The van der Waals surface area contributed by atoms with Crippen LogP contribution in [-0.2, 0) is 11.2 Å². The standard InChI is InChI=1S/C28H31N3O2/c1-21(23-12-6-3-7-13-23)29-28(33)25-14-8-9-15-26(25)31-18-16-24(17-19-31)30-27(32)20-22-10-4-2-5-11-22/h2-15,21,24H,16-20H2,1H3,(H,29,33)(H,30,32). The van der Waals surface area contributed by atoms with E-state index in [1.54, 1.807) is 0 Å². The van der Waals surface area contributed by atoms with Gasteiger partial charge in [0.15, 0.2) is 0 Å². The molecule has 4 rings (SSSR count). The van der Waals surface area contributed by atoms with Gasteiger partial charge >= 0.3 is 0 Å². The van der Waals surface area contributed by atoms with Gasteiger partial charge in [-0.1, -0.05) is 72.8 Å². The van der Waals surface area contributed by atoms with Crippen LogP contribution < -0.4 is 15.5 Å². The van der Waals surface area contributed by atoms with E-state index in [0.29, 0.717) is 12.0 Å². The molecule has 170 valence electrons. The SMILES string of the molecule is CC(NC(=O)c1ccccc1N1CCC(NC(=O)Cc2ccccc2)CC1)c1ccccc1. The van der Waals surface area contributed by atoms with Gasteiger partial charge in [-0.05, 0) is 43.0 Å². The van der Waals surface area contributed by atoms with E-state index in [-0.39, 0.29) is 23.9 Å². The van der Waals surface area contributed by atoms with Crippen LogP contribution in [0.3, 0.4) is 0 Å². The van der Waals surface area contributed by atoms with Crippen molar-refractivity contribution in [3.63, 3.8) is 0 Å². The van der Waals surface area contributed by atoms with E-state index in [4.69, 9.17) is 0 Å². The fraction of sp³-hybridized carbons (Fsp3) is 0.286. The Labute approximate surface area is 195 Å². The van der Waals surface area contributed by atoms with Gasteiger partial charge in [0.25, 0.3) is 5.91 Å². The third kappa shape index (κ3) is 6.01. The molecule has 5 heteroatoms. The number of anilines is 1. The van der Waals surface area contributed by atoms with Crippen molar-refractivity contribution in [3.8, 4) is 0 Å². The summed E-state index contributed by atoms with van der Waals surface area (Å²) in [6.45, 7) is 3.60. The lowest BCUT2D eigenvalue weighted by Crippen LogP contribution is -2.45. The minimum Gasteiger partial charge on any atom is -0.371 e. The van der Waals surface area contributed by atoms with Gasteiger partial charge in [0.2, 0.25) is 5.91 Å². The fourth-order valence-corrected chi connectivity index (χ4v) is 4.37. The van der Waals surface area contributed by atoms with Crippen LogP contribution in [0, 0.1) is 0 Å². The van der Waals surface area contributed by atoms with E-state index < -0.39 is 0 Å². The summed E-state index contributed by atoms with van der Waals surface area (Å²) in [5, 5.41) is 6.30. The highest BCUT2D eigenvalue weighted by Gasteiger charge is 2.24. The molecule has 2 amide bonds. The molecule has 1 unspecified atom stereocenters. The minimum absolute atomic E-state index is 0.0642. The normalized spacial score (nSPS) is 15.0. The minimum atomic E-state index is -0.0719. The van der Waals surface area contributed by atoms with Gasteiger partial charge in [-0.3, -0.25) is 9.59 Å². The number of hydrogen-bond donors (Lipinski definition) is 2. The Kier molecular flexibility index (Phi) is 7.40. The molecule has 0 spiro atoms. The van der Waals surface area contributed by atoms with Crippen molar-refractivity contribution in [1.29, 1.82) is 0 Å². The average Bonchev–Trinajstić information content (AvgIpc) is 2.85. The van der Waals surface area contributed by atoms with Gasteiger partial charge in [-0.25, -0.2) is 0 Å². The Morgan fingerprint density at radius 3 is 2.18 bits per heavy atom. The summed E-state index contributed by atoms with van der Waals surface area (Å²) < 4.78 is 0. The van der Waals surface area contributed by atoms with E-state index in [2.05, 4.69) is 15.5 Å². The Bertz CT molecular complexity index is 1060. The van der Waals surface area contributed by atoms with E-state index >= 15 is 0 Å². The van der Waals surface area contributed by atoms with Gasteiger partial charge in [-0.15, -0.1) is 0 Å². The molecule has 3 aromatic carbocycles. The van der Waals surface area contributed by atoms with Crippen LogP contribution in [-0.4, -0.2) is 30.9 Å². The lowest BCUT2D eigenvalue weighted by Gasteiger charge is -2.35. The molecule has 0 aliphatic carbocycles. The summed E-state index contributed by atoms with van der Waals surface area (Å²) in [5.74, 6) is -0.00503. The van der Waals surface area contributed by atoms with Crippen molar-refractivity contribution >= 4 is 17.5 Å². The van der Waals surface area contributed by atoms with E-state index in [9.17, 15) is 9.59 Å². The monoisotopic (exact) mass is 441 g/mol. The smallest absolute Gasteiger partial charge is 0.253 e. The second-order valence-electron chi connectivity index (χ2n) is 8.61. The first-order valence-corrected chi connectivity index (χ1v) is 11.6. The first kappa shape index (κ1) is 22.6. The Hall–Kier alpha value is -3.60. The fourth-order valence-electron chi connectivity index (χ4n) is 4.37. The first-order valence-electron chi connectivity index (χ1n) is 11.6. The van der Waals surface area contributed by atoms with E-state index in [1.165, 1.54) is 0 Å². The highest BCUT2D eigenvalue weighted by atomic mass is 16.2. The molecular weight excluding hydrogens is 410 g/mol. The highest BCUT2D eigenvalue weighted by molar-refractivity contribution is 6.00. The molecule has 0 saturated carbocycles. The van der Waals surface area contributed by atoms with Crippen LogP contribution in [0.1, 0.15) is 47.3 Å². The van der Waals surface area contributed by atoms with Gasteiger partial charge < -0.3 is 15.5 Å². The zero-order valence-electron chi connectivity index (χ0n) is 19.0. The number of amides is 2. The Morgan fingerprint density at radius 1 is 0.879 bits per heavy atom. The van der Waals surface area contributed by atoms with E-state index in [1.807, 2.05) is 91.9 Å². The molecule has 2 N–H and O–H groups in total. The molecular formula is C28H31N3O2. The number of carbonyl (C=O) groups excluding carboxylic acids is 2. The molecule has 1 saturated heterocycles. The van der Waals surface area contributed by atoms with Crippen LogP contribution in [0.2, 0.25) is 0 Å². The quantitative estimate of drug-likeness (QED) is 0.567. The molecule has 0 bridgehead atoms. The van der Waals surface area contributed by atoms with Crippen LogP contribution in [0.5, 0.6) is 0 Å². The lowest BCUT2D eigenvalue weighted by atomic mass is 10.0. The molecule has 1 heterocycles. The molecule has 33 heavy (non-hydrogen) atoms. The average molecular weight is 442 g/mol. The highest BCUT2D eigenvalue weighted by Crippen LogP contribution is 2.25.